The van der Waals surface area contributed by atoms with Crippen molar-refractivity contribution >= 4 is 0 Å². The first-order chi connectivity index (χ1) is 9.23. The van der Waals surface area contributed by atoms with Crippen molar-refractivity contribution < 1.29 is 0 Å². The fraction of sp³-hybridized carbons (Fsp3) is 1.00. The van der Waals surface area contributed by atoms with Gasteiger partial charge in [0.2, 0.25) is 0 Å². The van der Waals surface area contributed by atoms with Gasteiger partial charge in [0.25, 0.3) is 0 Å². The van der Waals surface area contributed by atoms with Crippen LogP contribution in [0.2, 0.25) is 0 Å². The summed E-state index contributed by atoms with van der Waals surface area (Å²) in [6.45, 7) is 7.44. The molecule has 0 aromatic rings. The summed E-state index contributed by atoms with van der Waals surface area (Å²) in [5.74, 6) is 0.847. The normalized spacial score (nSPS) is 27.3. The molecule has 0 radical (unpaired) electrons. The number of likely N-dealkylation sites (N-methyl/N-ethyl adjacent to an activating group) is 1. The SMILES string of the molecule is CCC(C)CC(NC)C1(N2CCCCC2)CCCC1. The average Bonchev–Trinajstić information content (AvgIpc) is 2.96. The zero-order valence-electron chi connectivity index (χ0n) is 13.4. The van der Waals surface area contributed by atoms with Crippen LogP contribution in [-0.4, -0.2) is 36.6 Å². The van der Waals surface area contributed by atoms with E-state index in [1.165, 1.54) is 70.9 Å². The quantitative estimate of drug-likeness (QED) is 0.786. The number of likely N-dealkylation sites (tertiary alicyclic amines) is 1. The lowest BCUT2D eigenvalue weighted by Gasteiger charge is -2.49. The molecule has 2 rings (SSSR count). The van der Waals surface area contributed by atoms with Gasteiger partial charge in [0.1, 0.15) is 0 Å². The second-order valence-corrected chi connectivity index (χ2v) is 6.95. The van der Waals surface area contributed by atoms with Gasteiger partial charge in [0.05, 0.1) is 0 Å². The average molecular weight is 266 g/mol. The summed E-state index contributed by atoms with van der Waals surface area (Å²) in [7, 11) is 2.19. The molecule has 1 aliphatic heterocycles. The fourth-order valence-corrected chi connectivity index (χ4v) is 4.39. The summed E-state index contributed by atoms with van der Waals surface area (Å²) in [6.07, 6.45) is 12.7. The van der Waals surface area contributed by atoms with Crippen molar-refractivity contribution in [2.45, 2.75) is 83.2 Å². The number of hydrogen-bond acceptors (Lipinski definition) is 2. The van der Waals surface area contributed by atoms with E-state index in [4.69, 9.17) is 0 Å². The minimum absolute atomic E-state index is 0.485. The second kappa shape index (κ2) is 7.08. The van der Waals surface area contributed by atoms with Gasteiger partial charge < -0.3 is 5.32 Å². The monoisotopic (exact) mass is 266 g/mol. The Labute approximate surface area is 120 Å². The van der Waals surface area contributed by atoms with Crippen molar-refractivity contribution in [2.24, 2.45) is 5.92 Å². The Morgan fingerprint density at radius 3 is 2.21 bits per heavy atom. The maximum Gasteiger partial charge on any atom is 0.0362 e. The van der Waals surface area contributed by atoms with Crippen LogP contribution in [0.15, 0.2) is 0 Å². The topological polar surface area (TPSA) is 15.3 Å². The number of nitrogens with one attached hydrogen (secondary N) is 1. The van der Waals surface area contributed by atoms with Gasteiger partial charge in [-0.05, 0) is 58.2 Å². The van der Waals surface area contributed by atoms with Crippen LogP contribution in [-0.2, 0) is 0 Å². The Morgan fingerprint density at radius 2 is 1.68 bits per heavy atom. The highest BCUT2D eigenvalue weighted by Gasteiger charge is 2.45. The lowest BCUT2D eigenvalue weighted by Crippen LogP contribution is -2.60. The van der Waals surface area contributed by atoms with Crippen LogP contribution in [0.25, 0.3) is 0 Å². The highest BCUT2D eigenvalue weighted by atomic mass is 15.2. The third-order valence-electron chi connectivity index (χ3n) is 5.79. The van der Waals surface area contributed by atoms with Gasteiger partial charge in [-0.25, -0.2) is 0 Å². The van der Waals surface area contributed by atoms with Crippen molar-refractivity contribution in [1.29, 1.82) is 0 Å². The Bertz CT molecular complexity index is 252. The number of piperidine rings is 1. The molecule has 0 aromatic heterocycles. The zero-order chi connectivity index (χ0) is 13.7. The van der Waals surface area contributed by atoms with Crippen molar-refractivity contribution in [3.05, 3.63) is 0 Å². The van der Waals surface area contributed by atoms with Crippen LogP contribution in [0.1, 0.15) is 71.6 Å². The fourth-order valence-electron chi connectivity index (χ4n) is 4.39. The van der Waals surface area contributed by atoms with E-state index in [0.717, 1.165) is 5.92 Å². The van der Waals surface area contributed by atoms with Gasteiger partial charge in [-0.15, -0.1) is 0 Å². The Morgan fingerprint density at radius 1 is 1.05 bits per heavy atom. The molecule has 0 amide bonds. The summed E-state index contributed by atoms with van der Waals surface area (Å²) in [4.78, 5) is 2.87. The maximum absolute atomic E-state index is 3.71. The first-order valence-electron chi connectivity index (χ1n) is 8.65. The largest absolute Gasteiger partial charge is 0.315 e. The molecule has 112 valence electrons. The molecule has 1 saturated carbocycles. The summed E-state index contributed by atoms with van der Waals surface area (Å²) in [5, 5.41) is 3.71. The summed E-state index contributed by atoms with van der Waals surface area (Å²) >= 11 is 0. The van der Waals surface area contributed by atoms with E-state index in [2.05, 4.69) is 31.1 Å². The van der Waals surface area contributed by atoms with Crippen LogP contribution in [0, 0.1) is 5.92 Å². The Balaban J connectivity index is 2.11. The third kappa shape index (κ3) is 3.33. The standard InChI is InChI=1S/C17H34N2/c1-4-15(2)14-16(18-3)17(10-6-7-11-17)19-12-8-5-9-13-19/h15-16,18H,4-14H2,1-3H3. The van der Waals surface area contributed by atoms with Gasteiger partial charge in [0.15, 0.2) is 0 Å². The molecule has 2 unspecified atom stereocenters. The van der Waals surface area contributed by atoms with Crippen LogP contribution in [0.4, 0.5) is 0 Å². The van der Waals surface area contributed by atoms with Crippen LogP contribution < -0.4 is 5.32 Å². The van der Waals surface area contributed by atoms with Crippen LogP contribution >= 0.6 is 0 Å². The highest BCUT2D eigenvalue weighted by Crippen LogP contribution is 2.41. The molecular formula is C17H34N2. The van der Waals surface area contributed by atoms with Crippen LogP contribution in [0.3, 0.4) is 0 Å². The molecule has 2 heteroatoms. The predicted octanol–water partition coefficient (Wildman–Crippen LogP) is 3.81. The van der Waals surface area contributed by atoms with Crippen LogP contribution in [0.5, 0.6) is 0 Å². The Hall–Kier alpha value is -0.0800. The third-order valence-corrected chi connectivity index (χ3v) is 5.79. The van der Waals surface area contributed by atoms with Gasteiger partial charge in [0, 0.05) is 11.6 Å². The molecular weight excluding hydrogens is 232 g/mol. The summed E-state index contributed by atoms with van der Waals surface area (Å²) in [5.41, 5.74) is 0.485. The van der Waals surface area contributed by atoms with E-state index < -0.39 is 0 Å². The smallest absolute Gasteiger partial charge is 0.0362 e. The lowest BCUT2D eigenvalue weighted by atomic mass is 9.80. The van der Waals surface area contributed by atoms with E-state index >= 15 is 0 Å². The van der Waals surface area contributed by atoms with Crippen molar-refractivity contribution in [1.82, 2.24) is 10.2 Å². The van der Waals surface area contributed by atoms with E-state index in [1.54, 1.807) is 0 Å². The van der Waals surface area contributed by atoms with E-state index in [-0.39, 0.29) is 0 Å². The minimum atomic E-state index is 0.485. The first-order valence-corrected chi connectivity index (χ1v) is 8.65. The molecule has 2 aliphatic rings. The number of hydrogen-bond donors (Lipinski definition) is 1. The lowest BCUT2D eigenvalue weighted by molar-refractivity contribution is 0.0317. The molecule has 1 aliphatic carbocycles. The highest BCUT2D eigenvalue weighted by molar-refractivity contribution is 5.04. The molecule has 0 aromatic carbocycles. The molecule has 2 fully saturated rings. The van der Waals surface area contributed by atoms with Crippen molar-refractivity contribution in [3.63, 3.8) is 0 Å². The molecule has 0 bridgehead atoms. The van der Waals surface area contributed by atoms with Gasteiger partial charge in [-0.1, -0.05) is 39.5 Å². The van der Waals surface area contributed by atoms with Gasteiger partial charge >= 0.3 is 0 Å². The minimum Gasteiger partial charge on any atom is -0.315 e. The van der Waals surface area contributed by atoms with Gasteiger partial charge in [-0.3, -0.25) is 4.90 Å². The van der Waals surface area contributed by atoms with Crippen molar-refractivity contribution in [3.8, 4) is 0 Å². The molecule has 2 atom stereocenters. The first kappa shape index (κ1) is 15.3. The van der Waals surface area contributed by atoms with Crippen molar-refractivity contribution in [2.75, 3.05) is 20.1 Å². The molecule has 1 N–H and O–H groups in total. The predicted molar refractivity (Wildman–Crippen MR) is 83.5 cm³/mol. The molecule has 19 heavy (non-hydrogen) atoms. The molecule has 0 spiro atoms. The molecule has 2 nitrogen and oxygen atoms in total. The Kier molecular flexibility index (Phi) is 5.70. The summed E-state index contributed by atoms with van der Waals surface area (Å²) in [6, 6.07) is 0.697. The van der Waals surface area contributed by atoms with Gasteiger partial charge in [-0.2, -0.15) is 0 Å². The van der Waals surface area contributed by atoms with E-state index in [1.807, 2.05) is 0 Å². The van der Waals surface area contributed by atoms with E-state index in [0.29, 0.717) is 11.6 Å². The summed E-state index contributed by atoms with van der Waals surface area (Å²) < 4.78 is 0. The second-order valence-electron chi connectivity index (χ2n) is 6.95. The number of nitrogens with zero attached hydrogens (tertiary/aromatic N) is 1. The number of rotatable bonds is 6. The zero-order valence-corrected chi connectivity index (χ0v) is 13.4. The maximum atomic E-state index is 3.71. The van der Waals surface area contributed by atoms with E-state index in [9.17, 15) is 0 Å². The molecule has 1 saturated heterocycles. The molecule has 1 heterocycles.